The van der Waals surface area contributed by atoms with Gasteiger partial charge in [0.05, 0.1) is 17.7 Å². The first-order chi connectivity index (χ1) is 8.69. The lowest BCUT2D eigenvalue weighted by Gasteiger charge is -2.11. The van der Waals surface area contributed by atoms with Gasteiger partial charge in [0.2, 0.25) is 0 Å². The normalized spacial score (nSPS) is 11.8. The van der Waals surface area contributed by atoms with Gasteiger partial charge in [-0.05, 0) is 35.4 Å². The number of nitrogens with zero attached hydrogens (tertiary/aromatic N) is 1. The Labute approximate surface area is 115 Å². The maximum absolute atomic E-state index is 10.1. The molecule has 0 aromatic heterocycles. The van der Waals surface area contributed by atoms with Crippen LogP contribution in [0.5, 0.6) is 0 Å². The first-order valence-corrected chi connectivity index (χ1v) is 6.41. The maximum atomic E-state index is 10.1. The second kappa shape index (κ2) is 5.81. The van der Waals surface area contributed by atoms with Crippen LogP contribution in [0.2, 0.25) is 0 Å². The third kappa shape index (κ3) is 3.19. The van der Waals surface area contributed by atoms with E-state index < -0.39 is 6.10 Å². The summed E-state index contributed by atoms with van der Waals surface area (Å²) in [6.07, 6.45) is -0.0400. The Morgan fingerprint density at radius 1 is 1.17 bits per heavy atom. The zero-order chi connectivity index (χ0) is 13.0. The Morgan fingerprint density at radius 2 is 1.89 bits per heavy atom. The third-order valence-corrected chi connectivity index (χ3v) is 3.27. The molecule has 90 valence electrons. The average Bonchev–Trinajstić information content (AvgIpc) is 2.41. The van der Waals surface area contributed by atoms with E-state index >= 15 is 0 Å². The van der Waals surface area contributed by atoms with E-state index in [2.05, 4.69) is 22.0 Å². The van der Waals surface area contributed by atoms with Crippen molar-refractivity contribution < 1.29 is 5.11 Å². The fraction of sp³-hybridized carbons (Fsp3) is 0.133. The molecule has 0 saturated carbocycles. The molecular formula is C15H12BrNO. The Morgan fingerprint density at radius 3 is 2.56 bits per heavy atom. The molecule has 2 rings (SSSR count). The van der Waals surface area contributed by atoms with Gasteiger partial charge in [-0.25, -0.2) is 0 Å². The van der Waals surface area contributed by atoms with Crippen LogP contribution >= 0.6 is 15.9 Å². The molecule has 0 saturated heterocycles. The molecule has 18 heavy (non-hydrogen) atoms. The van der Waals surface area contributed by atoms with Crippen molar-refractivity contribution >= 4 is 15.9 Å². The van der Waals surface area contributed by atoms with Crippen molar-refractivity contribution in [2.24, 2.45) is 0 Å². The van der Waals surface area contributed by atoms with Gasteiger partial charge in [-0.1, -0.05) is 40.2 Å². The first kappa shape index (κ1) is 12.8. The molecule has 2 aromatic carbocycles. The largest absolute Gasteiger partial charge is 0.388 e. The van der Waals surface area contributed by atoms with Crippen molar-refractivity contribution in [2.75, 3.05) is 0 Å². The number of hydrogen-bond acceptors (Lipinski definition) is 2. The summed E-state index contributed by atoms with van der Waals surface area (Å²) in [4.78, 5) is 0. The predicted molar refractivity (Wildman–Crippen MR) is 74.0 cm³/mol. The fourth-order valence-electron chi connectivity index (χ4n) is 1.78. The van der Waals surface area contributed by atoms with Crippen molar-refractivity contribution in [3.05, 3.63) is 69.7 Å². The van der Waals surface area contributed by atoms with Crippen LogP contribution in [-0.4, -0.2) is 5.11 Å². The Kier molecular flexibility index (Phi) is 4.14. The quantitative estimate of drug-likeness (QED) is 0.941. The fourth-order valence-corrected chi connectivity index (χ4v) is 2.04. The summed E-state index contributed by atoms with van der Waals surface area (Å²) >= 11 is 3.38. The minimum Gasteiger partial charge on any atom is -0.388 e. The van der Waals surface area contributed by atoms with Crippen molar-refractivity contribution in [3.63, 3.8) is 0 Å². The smallest absolute Gasteiger partial charge is 0.0991 e. The highest BCUT2D eigenvalue weighted by Gasteiger charge is 2.09. The lowest BCUT2D eigenvalue weighted by atomic mass is 10.0. The lowest BCUT2D eigenvalue weighted by Crippen LogP contribution is -2.02. The topological polar surface area (TPSA) is 44.0 Å². The SMILES string of the molecule is N#Cc1cccc(C(O)Cc2ccc(Br)cc2)c1. The van der Waals surface area contributed by atoms with Crippen molar-refractivity contribution in [1.29, 1.82) is 5.26 Å². The van der Waals surface area contributed by atoms with Gasteiger partial charge in [-0.15, -0.1) is 0 Å². The predicted octanol–water partition coefficient (Wildman–Crippen LogP) is 3.60. The second-order valence-electron chi connectivity index (χ2n) is 4.08. The summed E-state index contributed by atoms with van der Waals surface area (Å²) in [5.41, 5.74) is 2.41. The van der Waals surface area contributed by atoms with E-state index in [1.807, 2.05) is 30.3 Å². The molecule has 0 aliphatic rings. The van der Waals surface area contributed by atoms with Crippen LogP contribution in [0, 0.1) is 11.3 Å². The highest BCUT2D eigenvalue weighted by molar-refractivity contribution is 9.10. The number of aliphatic hydroxyl groups is 1. The van der Waals surface area contributed by atoms with Gasteiger partial charge >= 0.3 is 0 Å². The van der Waals surface area contributed by atoms with Gasteiger partial charge in [0, 0.05) is 10.9 Å². The molecule has 0 spiro atoms. The number of aliphatic hydroxyl groups excluding tert-OH is 1. The average molecular weight is 302 g/mol. The van der Waals surface area contributed by atoms with Crippen molar-refractivity contribution in [1.82, 2.24) is 0 Å². The van der Waals surface area contributed by atoms with E-state index in [-0.39, 0.29) is 0 Å². The molecular weight excluding hydrogens is 290 g/mol. The molecule has 0 aliphatic heterocycles. The lowest BCUT2D eigenvalue weighted by molar-refractivity contribution is 0.178. The van der Waals surface area contributed by atoms with Gasteiger partial charge in [0.1, 0.15) is 0 Å². The highest BCUT2D eigenvalue weighted by atomic mass is 79.9. The van der Waals surface area contributed by atoms with E-state index in [4.69, 9.17) is 5.26 Å². The van der Waals surface area contributed by atoms with Crippen LogP contribution in [0.15, 0.2) is 53.0 Å². The number of hydrogen-bond donors (Lipinski definition) is 1. The van der Waals surface area contributed by atoms with Gasteiger partial charge in [0.25, 0.3) is 0 Å². The van der Waals surface area contributed by atoms with Crippen LogP contribution in [0.1, 0.15) is 22.8 Å². The summed E-state index contributed by atoms with van der Waals surface area (Å²) in [6, 6.07) is 17.0. The molecule has 0 aliphatic carbocycles. The molecule has 1 unspecified atom stereocenters. The molecule has 0 radical (unpaired) electrons. The van der Waals surface area contributed by atoms with E-state index in [9.17, 15) is 5.11 Å². The minimum absolute atomic E-state index is 0.544. The Balaban J connectivity index is 2.14. The summed E-state index contributed by atoms with van der Waals surface area (Å²) in [5, 5.41) is 19.0. The molecule has 0 bridgehead atoms. The first-order valence-electron chi connectivity index (χ1n) is 5.61. The van der Waals surface area contributed by atoms with Gasteiger partial charge < -0.3 is 5.11 Å². The van der Waals surface area contributed by atoms with Crippen molar-refractivity contribution in [3.8, 4) is 6.07 Å². The Bertz CT molecular complexity index is 572. The van der Waals surface area contributed by atoms with Crippen LogP contribution in [-0.2, 0) is 6.42 Å². The molecule has 1 atom stereocenters. The van der Waals surface area contributed by atoms with Crippen LogP contribution in [0.25, 0.3) is 0 Å². The summed E-state index contributed by atoms with van der Waals surface area (Å²) in [6.45, 7) is 0. The molecule has 2 nitrogen and oxygen atoms in total. The van der Waals surface area contributed by atoms with E-state index in [0.717, 1.165) is 15.6 Å². The second-order valence-corrected chi connectivity index (χ2v) is 5.00. The maximum Gasteiger partial charge on any atom is 0.0991 e. The summed E-state index contributed by atoms with van der Waals surface area (Å²) in [5.74, 6) is 0. The number of halogens is 1. The zero-order valence-corrected chi connectivity index (χ0v) is 11.3. The summed E-state index contributed by atoms with van der Waals surface area (Å²) < 4.78 is 1.02. The van der Waals surface area contributed by atoms with Crippen LogP contribution in [0.4, 0.5) is 0 Å². The van der Waals surface area contributed by atoms with Crippen LogP contribution < -0.4 is 0 Å². The van der Waals surface area contributed by atoms with E-state index in [1.165, 1.54) is 0 Å². The Hall–Kier alpha value is -1.63. The minimum atomic E-state index is -0.584. The van der Waals surface area contributed by atoms with Crippen LogP contribution in [0.3, 0.4) is 0 Å². The number of rotatable bonds is 3. The van der Waals surface area contributed by atoms with Gasteiger partial charge in [-0.3, -0.25) is 0 Å². The standard InChI is InChI=1S/C15H12BrNO/c16-14-6-4-11(5-7-14)9-15(18)13-3-1-2-12(8-13)10-17/h1-8,15,18H,9H2. The molecule has 3 heteroatoms. The van der Waals surface area contributed by atoms with E-state index in [1.54, 1.807) is 18.2 Å². The van der Waals surface area contributed by atoms with Gasteiger partial charge in [-0.2, -0.15) is 5.26 Å². The zero-order valence-electron chi connectivity index (χ0n) is 9.68. The molecule has 0 fully saturated rings. The van der Waals surface area contributed by atoms with Gasteiger partial charge in [0.15, 0.2) is 0 Å². The molecule has 0 amide bonds. The molecule has 2 aromatic rings. The van der Waals surface area contributed by atoms with E-state index in [0.29, 0.717) is 12.0 Å². The number of benzene rings is 2. The number of nitriles is 1. The highest BCUT2D eigenvalue weighted by Crippen LogP contribution is 2.20. The molecule has 1 N–H and O–H groups in total. The third-order valence-electron chi connectivity index (χ3n) is 2.74. The molecule has 0 heterocycles. The monoisotopic (exact) mass is 301 g/mol. The summed E-state index contributed by atoms with van der Waals surface area (Å²) in [7, 11) is 0. The van der Waals surface area contributed by atoms with Crippen molar-refractivity contribution in [2.45, 2.75) is 12.5 Å².